The van der Waals surface area contributed by atoms with E-state index in [4.69, 9.17) is 9.47 Å². The zero-order chi connectivity index (χ0) is 20.6. The molecule has 0 saturated heterocycles. The van der Waals surface area contributed by atoms with E-state index >= 15 is 0 Å². The summed E-state index contributed by atoms with van der Waals surface area (Å²) in [6.45, 7) is 1.40. The van der Waals surface area contributed by atoms with Crippen LogP contribution in [0.3, 0.4) is 0 Å². The van der Waals surface area contributed by atoms with Gasteiger partial charge in [0.1, 0.15) is 18.1 Å². The summed E-state index contributed by atoms with van der Waals surface area (Å²) in [5, 5.41) is 2.64. The SMILES string of the molecule is CC(=O)c1c[nH]c(C(=O)OCC(=O)Nc2ccc(OCc3ccccc3)cc2)c1. The van der Waals surface area contributed by atoms with Crippen molar-refractivity contribution in [1.29, 1.82) is 0 Å². The maximum Gasteiger partial charge on any atom is 0.355 e. The number of nitrogens with one attached hydrogen (secondary N) is 2. The third-order valence-electron chi connectivity index (χ3n) is 4.03. The van der Waals surface area contributed by atoms with Gasteiger partial charge in [-0.25, -0.2) is 4.79 Å². The van der Waals surface area contributed by atoms with Gasteiger partial charge in [0, 0.05) is 17.4 Å². The predicted octanol–water partition coefficient (Wildman–Crippen LogP) is 3.59. The van der Waals surface area contributed by atoms with Crippen molar-refractivity contribution >= 4 is 23.3 Å². The molecule has 0 aliphatic carbocycles. The number of anilines is 1. The number of carbonyl (C=O) groups excluding carboxylic acids is 3. The van der Waals surface area contributed by atoms with Gasteiger partial charge in [-0.15, -0.1) is 0 Å². The van der Waals surface area contributed by atoms with Crippen molar-refractivity contribution in [2.45, 2.75) is 13.5 Å². The topological polar surface area (TPSA) is 97.5 Å². The van der Waals surface area contributed by atoms with Crippen LogP contribution >= 0.6 is 0 Å². The first-order valence-electron chi connectivity index (χ1n) is 8.94. The third-order valence-corrected chi connectivity index (χ3v) is 4.03. The normalized spacial score (nSPS) is 10.2. The average molecular weight is 392 g/mol. The fourth-order valence-electron chi connectivity index (χ4n) is 2.50. The molecule has 1 heterocycles. The van der Waals surface area contributed by atoms with Gasteiger partial charge in [-0.05, 0) is 42.8 Å². The molecule has 7 heteroatoms. The van der Waals surface area contributed by atoms with E-state index in [1.165, 1.54) is 19.2 Å². The highest BCUT2D eigenvalue weighted by atomic mass is 16.5. The summed E-state index contributed by atoms with van der Waals surface area (Å²) in [6.07, 6.45) is 1.42. The van der Waals surface area contributed by atoms with Crippen molar-refractivity contribution in [3.05, 3.63) is 83.7 Å². The summed E-state index contributed by atoms with van der Waals surface area (Å²) >= 11 is 0. The first kappa shape index (κ1) is 19.9. The van der Waals surface area contributed by atoms with Crippen LogP contribution in [0.4, 0.5) is 5.69 Å². The molecule has 29 heavy (non-hydrogen) atoms. The van der Waals surface area contributed by atoms with Crippen molar-refractivity contribution < 1.29 is 23.9 Å². The Morgan fingerprint density at radius 1 is 1.00 bits per heavy atom. The van der Waals surface area contributed by atoms with E-state index in [1.54, 1.807) is 24.3 Å². The lowest BCUT2D eigenvalue weighted by atomic mass is 10.2. The average Bonchev–Trinajstić information content (AvgIpc) is 3.23. The summed E-state index contributed by atoms with van der Waals surface area (Å²) < 4.78 is 10.6. The Hall–Kier alpha value is -3.87. The maximum absolute atomic E-state index is 12.0. The molecule has 148 valence electrons. The lowest BCUT2D eigenvalue weighted by Gasteiger charge is -2.09. The fourth-order valence-corrected chi connectivity index (χ4v) is 2.50. The monoisotopic (exact) mass is 392 g/mol. The van der Waals surface area contributed by atoms with Crippen LogP contribution in [0.2, 0.25) is 0 Å². The number of aromatic amines is 1. The first-order valence-corrected chi connectivity index (χ1v) is 8.94. The molecular weight excluding hydrogens is 372 g/mol. The Morgan fingerprint density at radius 3 is 2.38 bits per heavy atom. The number of esters is 1. The van der Waals surface area contributed by atoms with Crippen LogP contribution in [-0.4, -0.2) is 29.3 Å². The number of carbonyl (C=O) groups is 3. The Balaban J connectivity index is 1.45. The van der Waals surface area contributed by atoms with Gasteiger partial charge < -0.3 is 19.8 Å². The van der Waals surface area contributed by atoms with Gasteiger partial charge in [0.2, 0.25) is 0 Å². The molecular formula is C22H20N2O5. The predicted molar refractivity (Wildman–Crippen MR) is 107 cm³/mol. The molecule has 0 saturated carbocycles. The smallest absolute Gasteiger partial charge is 0.355 e. The lowest BCUT2D eigenvalue weighted by Crippen LogP contribution is -2.21. The molecule has 0 aliphatic rings. The maximum atomic E-state index is 12.0. The summed E-state index contributed by atoms with van der Waals surface area (Å²) in [5.41, 5.74) is 2.10. The highest BCUT2D eigenvalue weighted by molar-refractivity contribution is 5.98. The lowest BCUT2D eigenvalue weighted by molar-refractivity contribution is -0.119. The molecule has 1 aromatic heterocycles. The highest BCUT2D eigenvalue weighted by Gasteiger charge is 2.14. The summed E-state index contributed by atoms with van der Waals surface area (Å²) in [5.74, 6) is -0.688. The van der Waals surface area contributed by atoms with Crippen LogP contribution in [0.1, 0.15) is 33.3 Å². The zero-order valence-electron chi connectivity index (χ0n) is 15.8. The van der Waals surface area contributed by atoms with Crippen LogP contribution < -0.4 is 10.1 Å². The van der Waals surface area contributed by atoms with Crippen molar-refractivity contribution in [2.75, 3.05) is 11.9 Å². The quantitative estimate of drug-likeness (QED) is 0.451. The van der Waals surface area contributed by atoms with Crippen molar-refractivity contribution in [1.82, 2.24) is 4.98 Å². The van der Waals surface area contributed by atoms with Crippen LogP contribution in [0.15, 0.2) is 66.9 Å². The fraction of sp³-hybridized carbons (Fsp3) is 0.136. The molecule has 7 nitrogen and oxygen atoms in total. The molecule has 2 aromatic carbocycles. The Bertz CT molecular complexity index is 994. The number of benzene rings is 2. The van der Waals surface area contributed by atoms with Crippen molar-refractivity contribution in [3.8, 4) is 5.75 Å². The van der Waals surface area contributed by atoms with Gasteiger partial charge in [0.05, 0.1) is 0 Å². The number of aromatic nitrogens is 1. The Morgan fingerprint density at radius 2 is 1.72 bits per heavy atom. The number of amides is 1. The van der Waals surface area contributed by atoms with E-state index in [1.807, 2.05) is 30.3 Å². The summed E-state index contributed by atoms with van der Waals surface area (Å²) in [4.78, 5) is 37.8. The molecule has 3 rings (SSSR count). The first-order chi connectivity index (χ1) is 14.0. The minimum absolute atomic E-state index is 0.114. The molecule has 0 radical (unpaired) electrons. The van der Waals surface area contributed by atoms with Gasteiger partial charge in [-0.1, -0.05) is 30.3 Å². The standard InChI is InChI=1S/C22H20N2O5/c1-15(25)17-11-20(23-12-17)22(27)29-14-21(26)24-18-7-9-19(10-8-18)28-13-16-5-3-2-4-6-16/h2-12,23H,13-14H2,1H3,(H,24,26). The van der Waals surface area contributed by atoms with Crippen LogP contribution in [0.5, 0.6) is 5.75 Å². The number of ketones is 1. The molecule has 0 atom stereocenters. The number of hydrogen-bond donors (Lipinski definition) is 2. The molecule has 1 amide bonds. The Kier molecular flexibility index (Phi) is 6.42. The highest BCUT2D eigenvalue weighted by Crippen LogP contribution is 2.17. The van der Waals surface area contributed by atoms with Gasteiger partial charge in [0.15, 0.2) is 12.4 Å². The van der Waals surface area contributed by atoms with Crippen LogP contribution in [0.25, 0.3) is 0 Å². The largest absolute Gasteiger partial charge is 0.489 e. The number of Topliss-reactive ketones (excluding diaryl/α,β-unsaturated/α-hetero) is 1. The van der Waals surface area contributed by atoms with Crippen LogP contribution in [0, 0.1) is 0 Å². The molecule has 0 fully saturated rings. The van der Waals surface area contributed by atoms with E-state index in [-0.39, 0.29) is 11.5 Å². The second kappa shape index (κ2) is 9.36. The van der Waals surface area contributed by atoms with Crippen molar-refractivity contribution in [3.63, 3.8) is 0 Å². The summed E-state index contributed by atoms with van der Waals surface area (Å²) in [6, 6.07) is 18.1. The number of H-pyrrole nitrogens is 1. The molecule has 0 aliphatic heterocycles. The van der Waals surface area contributed by atoms with E-state index in [0.717, 1.165) is 5.56 Å². The number of ether oxygens (including phenoxy) is 2. The van der Waals surface area contributed by atoms with E-state index in [9.17, 15) is 14.4 Å². The summed E-state index contributed by atoms with van der Waals surface area (Å²) in [7, 11) is 0. The van der Waals surface area contributed by atoms with E-state index in [2.05, 4.69) is 10.3 Å². The number of rotatable bonds is 8. The molecule has 3 aromatic rings. The molecule has 0 spiro atoms. The van der Waals surface area contributed by atoms with Crippen LogP contribution in [-0.2, 0) is 16.1 Å². The molecule has 0 bridgehead atoms. The van der Waals surface area contributed by atoms with Gasteiger partial charge in [-0.3, -0.25) is 9.59 Å². The number of hydrogen-bond acceptors (Lipinski definition) is 5. The van der Waals surface area contributed by atoms with Gasteiger partial charge in [0.25, 0.3) is 5.91 Å². The molecule has 2 N–H and O–H groups in total. The minimum Gasteiger partial charge on any atom is -0.489 e. The van der Waals surface area contributed by atoms with E-state index in [0.29, 0.717) is 23.6 Å². The second-order valence-corrected chi connectivity index (χ2v) is 6.28. The molecule has 0 unspecified atom stereocenters. The third kappa shape index (κ3) is 5.80. The zero-order valence-corrected chi connectivity index (χ0v) is 15.8. The van der Waals surface area contributed by atoms with Crippen molar-refractivity contribution in [2.24, 2.45) is 0 Å². The second-order valence-electron chi connectivity index (χ2n) is 6.28. The Labute approximate surface area is 167 Å². The minimum atomic E-state index is -0.711. The van der Waals surface area contributed by atoms with E-state index < -0.39 is 18.5 Å². The van der Waals surface area contributed by atoms with Gasteiger partial charge in [-0.2, -0.15) is 0 Å². The van der Waals surface area contributed by atoms with Gasteiger partial charge >= 0.3 is 5.97 Å².